The number of nitrogens with one attached hydrogen (secondary N) is 1. The van der Waals surface area contributed by atoms with Crippen molar-refractivity contribution in [1.29, 1.82) is 0 Å². The van der Waals surface area contributed by atoms with E-state index in [-0.39, 0.29) is 16.8 Å². The Hall–Kier alpha value is -3.03. The fraction of sp³-hybridized carbons (Fsp3) is 0.263. The van der Waals surface area contributed by atoms with Crippen LogP contribution in [0.2, 0.25) is 0 Å². The summed E-state index contributed by atoms with van der Waals surface area (Å²) in [6, 6.07) is 9.55. The number of carbonyl (C=O) groups excluding carboxylic acids is 1. The largest absolute Gasteiger partial charge is 0.573 e. The predicted molar refractivity (Wildman–Crippen MR) is 93.1 cm³/mol. The van der Waals surface area contributed by atoms with Crippen molar-refractivity contribution in [1.82, 2.24) is 0 Å². The van der Waals surface area contributed by atoms with Crippen LogP contribution in [0, 0.1) is 0 Å². The van der Waals surface area contributed by atoms with Crippen LogP contribution >= 0.6 is 0 Å². The number of carboxylic acids is 1. The number of unbranched alkanes of at least 4 members (excludes halogenated alkanes) is 1. The smallest absolute Gasteiger partial charge is 0.478 e. The number of aromatic carboxylic acids is 1. The Morgan fingerprint density at radius 2 is 1.78 bits per heavy atom. The van der Waals surface area contributed by atoms with Crippen LogP contribution in [0.3, 0.4) is 0 Å². The maximum absolute atomic E-state index is 12.7. The number of aryl methyl sites for hydroxylation is 1. The molecule has 0 heterocycles. The number of hydrogen-bond donors (Lipinski definition) is 2. The number of halogens is 3. The van der Waals surface area contributed by atoms with Gasteiger partial charge in [-0.1, -0.05) is 31.5 Å². The zero-order valence-electron chi connectivity index (χ0n) is 14.5. The fourth-order valence-electron chi connectivity index (χ4n) is 2.47. The minimum Gasteiger partial charge on any atom is -0.478 e. The van der Waals surface area contributed by atoms with E-state index in [1.165, 1.54) is 36.4 Å². The second-order valence-electron chi connectivity index (χ2n) is 5.79. The Labute approximate surface area is 153 Å². The number of anilines is 1. The monoisotopic (exact) mass is 381 g/mol. The maximum Gasteiger partial charge on any atom is 0.573 e. The molecular weight excluding hydrogens is 363 g/mol. The van der Waals surface area contributed by atoms with Gasteiger partial charge in [0.05, 0.1) is 16.8 Å². The minimum absolute atomic E-state index is 0.169. The van der Waals surface area contributed by atoms with Gasteiger partial charge in [0.15, 0.2) is 5.75 Å². The summed E-state index contributed by atoms with van der Waals surface area (Å²) in [5, 5.41) is 11.5. The van der Waals surface area contributed by atoms with Gasteiger partial charge in [0.25, 0.3) is 5.91 Å². The molecule has 27 heavy (non-hydrogen) atoms. The predicted octanol–water partition coefficient (Wildman–Crippen LogP) is 4.88. The highest BCUT2D eigenvalue weighted by molar-refractivity contribution is 6.11. The Kier molecular flexibility index (Phi) is 6.44. The van der Waals surface area contributed by atoms with Gasteiger partial charge in [-0.3, -0.25) is 4.79 Å². The molecule has 0 aliphatic heterocycles. The van der Waals surface area contributed by atoms with Gasteiger partial charge in [-0.25, -0.2) is 4.79 Å². The van der Waals surface area contributed by atoms with Crippen molar-refractivity contribution in [3.05, 3.63) is 59.2 Å². The zero-order valence-corrected chi connectivity index (χ0v) is 14.5. The third kappa shape index (κ3) is 5.73. The Balaban J connectivity index is 2.34. The number of benzene rings is 2. The highest BCUT2D eigenvalue weighted by Gasteiger charge is 2.32. The van der Waals surface area contributed by atoms with Crippen molar-refractivity contribution < 1.29 is 32.6 Å². The molecule has 5 nitrogen and oxygen atoms in total. The van der Waals surface area contributed by atoms with Gasteiger partial charge in [-0.05, 0) is 42.7 Å². The molecule has 0 aliphatic rings. The third-order valence-electron chi connectivity index (χ3n) is 3.74. The van der Waals surface area contributed by atoms with Crippen LogP contribution in [0.15, 0.2) is 42.5 Å². The maximum atomic E-state index is 12.7. The number of ether oxygens (including phenoxy) is 1. The lowest BCUT2D eigenvalue weighted by Crippen LogP contribution is -2.20. The summed E-state index contributed by atoms with van der Waals surface area (Å²) in [7, 11) is 0. The topological polar surface area (TPSA) is 75.6 Å². The van der Waals surface area contributed by atoms with Crippen LogP contribution in [-0.2, 0) is 6.42 Å². The normalized spacial score (nSPS) is 11.1. The molecule has 0 saturated heterocycles. The second kappa shape index (κ2) is 8.57. The molecular formula is C19H18F3NO4. The molecule has 2 aromatic carbocycles. The van der Waals surface area contributed by atoms with E-state index in [0.29, 0.717) is 12.0 Å². The molecule has 0 aromatic heterocycles. The molecule has 0 saturated carbocycles. The van der Waals surface area contributed by atoms with Gasteiger partial charge < -0.3 is 15.2 Å². The van der Waals surface area contributed by atoms with E-state index in [1.54, 1.807) is 6.07 Å². The van der Waals surface area contributed by atoms with E-state index in [9.17, 15) is 22.8 Å². The highest BCUT2D eigenvalue weighted by Crippen LogP contribution is 2.32. The third-order valence-corrected chi connectivity index (χ3v) is 3.74. The summed E-state index contributed by atoms with van der Waals surface area (Å²) in [5.74, 6) is -2.71. The Morgan fingerprint density at radius 1 is 1.11 bits per heavy atom. The SMILES string of the molecule is CCCCc1ccc(NC(=O)c2ccccc2C(=O)O)c(OC(F)(F)F)c1. The first-order valence-electron chi connectivity index (χ1n) is 8.23. The summed E-state index contributed by atoms with van der Waals surface area (Å²) < 4.78 is 42.2. The fourth-order valence-corrected chi connectivity index (χ4v) is 2.47. The Bertz CT molecular complexity index is 834. The molecule has 2 rings (SSSR count). The number of carbonyl (C=O) groups is 2. The highest BCUT2D eigenvalue weighted by atomic mass is 19.4. The van der Waals surface area contributed by atoms with Crippen molar-refractivity contribution in [3.63, 3.8) is 0 Å². The van der Waals surface area contributed by atoms with Crippen molar-refractivity contribution in [2.75, 3.05) is 5.32 Å². The number of rotatable bonds is 7. The van der Waals surface area contributed by atoms with Crippen LogP contribution in [-0.4, -0.2) is 23.3 Å². The Morgan fingerprint density at radius 3 is 2.37 bits per heavy atom. The summed E-state index contributed by atoms with van der Waals surface area (Å²) in [6.45, 7) is 1.96. The van der Waals surface area contributed by atoms with Crippen LogP contribution in [0.1, 0.15) is 46.0 Å². The molecule has 0 bridgehead atoms. The molecule has 0 aliphatic carbocycles. The van der Waals surface area contributed by atoms with Gasteiger partial charge in [-0.15, -0.1) is 13.2 Å². The molecule has 2 N–H and O–H groups in total. The standard InChI is InChI=1S/C19H18F3NO4/c1-2-3-6-12-9-10-15(16(11-12)27-19(20,21)22)23-17(24)13-7-4-5-8-14(13)18(25)26/h4-5,7-11H,2-3,6H2,1H3,(H,23,24)(H,25,26). The van der Waals surface area contributed by atoms with E-state index >= 15 is 0 Å². The van der Waals surface area contributed by atoms with E-state index in [1.807, 2.05) is 6.92 Å². The number of alkyl halides is 3. The van der Waals surface area contributed by atoms with Crippen molar-refractivity contribution >= 4 is 17.6 Å². The summed E-state index contributed by atoms with van der Waals surface area (Å²) >= 11 is 0. The van der Waals surface area contributed by atoms with Crippen LogP contribution < -0.4 is 10.1 Å². The van der Waals surface area contributed by atoms with E-state index in [2.05, 4.69) is 10.1 Å². The molecule has 0 atom stereocenters. The average molecular weight is 381 g/mol. The number of carboxylic acid groups (broad SMARTS) is 1. The lowest BCUT2D eigenvalue weighted by Gasteiger charge is -2.16. The molecule has 8 heteroatoms. The summed E-state index contributed by atoms with van der Waals surface area (Å²) in [4.78, 5) is 23.6. The zero-order chi connectivity index (χ0) is 20.0. The molecule has 0 unspecified atom stereocenters. The van der Waals surface area contributed by atoms with Crippen LogP contribution in [0.25, 0.3) is 0 Å². The summed E-state index contributed by atoms with van der Waals surface area (Å²) in [6.07, 6.45) is -2.69. The van der Waals surface area contributed by atoms with Crippen LogP contribution in [0.5, 0.6) is 5.75 Å². The van der Waals surface area contributed by atoms with Gasteiger partial charge >= 0.3 is 12.3 Å². The summed E-state index contributed by atoms with van der Waals surface area (Å²) in [5.41, 5.74) is 0.0173. The van der Waals surface area contributed by atoms with Gasteiger partial charge in [0, 0.05) is 0 Å². The second-order valence-corrected chi connectivity index (χ2v) is 5.79. The van der Waals surface area contributed by atoms with E-state index in [0.717, 1.165) is 12.8 Å². The molecule has 0 fully saturated rings. The molecule has 0 radical (unpaired) electrons. The van der Waals surface area contributed by atoms with E-state index < -0.39 is 24.0 Å². The average Bonchev–Trinajstić information content (AvgIpc) is 2.60. The lowest BCUT2D eigenvalue weighted by atomic mass is 10.1. The quantitative estimate of drug-likeness (QED) is 0.717. The van der Waals surface area contributed by atoms with Crippen molar-refractivity contribution in [2.24, 2.45) is 0 Å². The van der Waals surface area contributed by atoms with Gasteiger partial charge in [0.1, 0.15) is 0 Å². The van der Waals surface area contributed by atoms with Gasteiger partial charge in [-0.2, -0.15) is 0 Å². The van der Waals surface area contributed by atoms with E-state index in [4.69, 9.17) is 5.11 Å². The molecule has 2 aromatic rings. The molecule has 1 amide bonds. The molecule has 0 spiro atoms. The lowest BCUT2D eigenvalue weighted by molar-refractivity contribution is -0.274. The first-order chi connectivity index (χ1) is 12.7. The number of hydrogen-bond acceptors (Lipinski definition) is 3. The first kappa shape index (κ1) is 20.3. The van der Waals surface area contributed by atoms with Crippen LogP contribution in [0.4, 0.5) is 18.9 Å². The van der Waals surface area contributed by atoms with Crippen molar-refractivity contribution in [3.8, 4) is 5.75 Å². The van der Waals surface area contributed by atoms with Gasteiger partial charge in [0.2, 0.25) is 0 Å². The first-order valence-corrected chi connectivity index (χ1v) is 8.23. The number of amides is 1. The van der Waals surface area contributed by atoms with Crippen molar-refractivity contribution in [2.45, 2.75) is 32.5 Å². The minimum atomic E-state index is -4.93. The molecule has 144 valence electrons.